The Balaban J connectivity index is 2.08. The molecule has 0 aliphatic rings. The van der Waals surface area contributed by atoms with Crippen molar-refractivity contribution in [2.24, 2.45) is 0 Å². The zero-order chi connectivity index (χ0) is 15.8. The molecule has 0 amide bonds. The number of rotatable bonds is 8. The second-order valence-electron chi connectivity index (χ2n) is 4.95. The van der Waals surface area contributed by atoms with Crippen LogP contribution in [-0.4, -0.2) is 13.7 Å². The van der Waals surface area contributed by atoms with E-state index in [0.29, 0.717) is 6.61 Å². The number of nitrogens with one attached hydrogen (secondary N) is 1. The summed E-state index contributed by atoms with van der Waals surface area (Å²) in [5, 5.41) is 3.48. The highest BCUT2D eigenvalue weighted by molar-refractivity contribution is 5.52. The van der Waals surface area contributed by atoms with E-state index in [1.807, 2.05) is 24.3 Å². The molecule has 0 aliphatic carbocycles. The molecule has 2 aromatic carbocycles. The van der Waals surface area contributed by atoms with Gasteiger partial charge in [0, 0.05) is 12.2 Å². The summed E-state index contributed by atoms with van der Waals surface area (Å²) in [5.74, 6) is 1.48. The lowest BCUT2D eigenvalue weighted by molar-refractivity contribution is 0.326. The van der Waals surface area contributed by atoms with Crippen LogP contribution in [0.3, 0.4) is 0 Å². The second-order valence-corrected chi connectivity index (χ2v) is 4.95. The fraction of sp³-hybridized carbons (Fsp3) is 0.263. The van der Waals surface area contributed by atoms with Crippen molar-refractivity contribution >= 4 is 5.69 Å². The van der Waals surface area contributed by atoms with Gasteiger partial charge in [0.05, 0.1) is 7.11 Å². The second kappa shape index (κ2) is 8.13. The Hall–Kier alpha value is -2.42. The van der Waals surface area contributed by atoms with Crippen molar-refractivity contribution in [3.8, 4) is 11.5 Å². The third-order valence-electron chi connectivity index (χ3n) is 3.47. The number of benzene rings is 2. The van der Waals surface area contributed by atoms with Gasteiger partial charge in [-0.15, -0.1) is 0 Å². The normalized spacial score (nSPS) is 10.1. The minimum atomic E-state index is 0.470. The van der Waals surface area contributed by atoms with Crippen LogP contribution in [0.4, 0.5) is 5.69 Å². The Morgan fingerprint density at radius 2 is 1.95 bits per heavy atom. The Morgan fingerprint density at radius 3 is 2.68 bits per heavy atom. The highest BCUT2D eigenvalue weighted by Crippen LogP contribution is 2.28. The van der Waals surface area contributed by atoms with Crippen LogP contribution in [0.25, 0.3) is 0 Å². The van der Waals surface area contributed by atoms with E-state index in [9.17, 15) is 0 Å². The van der Waals surface area contributed by atoms with Gasteiger partial charge in [0.15, 0.2) is 11.5 Å². The molecule has 0 saturated heterocycles. The Labute approximate surface area is 132 Å². The highest BCUT2D eigenvalue weighted by atomic mass is 16.5. The number of aryl methyl sites for hydroxylation is 1. The lowest BCUT2D eigenvalue weighted by Gasteiger charge is -2.13. The van der Waals surface area contributed by atoms with E-state index in [2.05, 4.69) is 37.0 Å². The van der Waals surface area contributed by atoms with E-state index in [1.165, 1.54) is 11.3 Å². The van der Waals surface area contributed by atoms with Gasteiger partial charge >= 0.3 is 0 Å². The summed E-state index contributed by atoms with van der Waals surface area (Å²) in [4.78, 5) is 0. The Bertz CT molecular complexity index is 623. The fourth-order valence-corrected chi connectivity index (χ4v) is 2.29. The SMILES string of the molecule is C=CCOc1ccc(CNc2ccccc2CC)cc1OC. The van der Waals surface area contributed by atoms with E-state index >= 15 is 0 Å². The molecule has 0 radical (unpaired) electrons. The summed E-state index contributed by atoms with van der Waals surface area (Å²) in [6.45, 7) is 7.03. The number of para-hydroxylation sites is 1. The van der Waals surface area contributed by atoms with E-state index in [0.717, 1.165) is 30.0 Å². The van der Waals surface area contributed by atoms with Crippen LogP contribution < -0.4 is 14.8 Å². The van der Waals surface area contributed by atoms with E-state index in [4.69, 9.17) is 9.47 Å². The van der Waals surface area contributed by atoms with Crippen LogP contribution in [0.15, 0.2) is 55.1 Å². The van der Waals surface area contributed by atoms with Crippen molar-refractivity contribution < 1.29 is 9.47 Å². The molecule has 3 nitrogen and oxygen atoms in total. The van der Waals surface area contributed by atoms with Crippen LogP contribution in [-0.2, 0) is 13.0 Å². The first kappa shape index (κ1) is 16.0. The number of hydrogen-bond acceptors (Lipinski definition) is 3. The molecule has 22 heavy (non-hydrogen) atoms. The minimum Gasteiger partial charge on any atom is -0.493 e. The molecule has 0 fully saturated rings. The van der Waals surface area contributed by atoms with Gasteiger partial charge in [0.25, 0.3) is 0 Å². The molecule has 3 heteroatoms. The van der Waals surface area contributed by atoms with Gasteiger partial charge in [-0.2, -0.15) is 0 Å². The molecule has 0 bridgehead atoms. The van der Waals surface area contributed by atoms with Crippen LogP contribution in [0.1, 0.15) is 18.1 Å². The fourth-order valence-electron chi connectivity index (χ4n) is 2.29. The van der Waals surface area contributed by atoms with E-state index < -0.39 is 0 Å². The van der Waals surface area contributed by atoms with Gasteiger partial charge in [-0.05, 0) is 35.7 Å². The topological polar surface area (TPSA) is 30.5 Å². The summed E-state index contributed by atoms with van der Waals surface area (Å²) in [5.41, 5.74) is 3.64. The van der Waals surface area contributed by atoms with Crippen molar-refractivity contribution in [3.63, 3.8) is 0 Å². The predicted molar refractivity (Wildman–Crippen MR) is 91.8 cm³/mol. The summed E-state index contributed by atoms with van der Waals surface area (Å²) in [6, 6.07) is 14.4. The zero-order valence-corrected chi connectivity index (χ0v) is 13.3. The molecule has 0 atom stereocenters. The van der Waals surface area contributed by atoms with Gasteiger partial charge in [-0.1, -0.05) is 43.8 Å². The average molecular weight is 297 g/mol. The first-order chi connectivity index (χ1) is 10.8. The molecule has 116 valence electrons. The van der Waals surface area contributed by atoms with Gasteiger partial charge in [0.1, 0.15) is 6.61 Å². The number of methoxy groups -OCH3 is 1. The van der Waals surface area contributed by atoms with Crippen LogP contribution in [0.2, 0.25) is 0 Å². The molecule has 0 saturated carbocycles. The zero-order valence-electron chi connectivity index (χ0n) is 13.3. The van der Waals surface area contributed by atoms with E-state index in [1.54, 1.807) is 13.2 Å². The summed E-state index contributed by atoms with van der Waals surface area (Å²) < 4.78 is 11.0. The molecule has 1 N–H and O–H groups in total. The Kier molecular flexibility index (Phi) is 5.90. The summed E-state index contributed by atoms with van der Waals surface area (Å²) in [6.07, 6.45) is 2.73. The Morgan fingerprint density at radius 1 is 1.14 bits per heavy atom. The number of hydrogen-bond donors (Lipinski definition) is 1. The smallest absolute Gasteiger partial charge is 0.161 e. The molecule has 0 aromatic heterocycles. The summed E-state index contributed by atoms with van der Waals surface area (Å²) in [7, 11) is 1.65. The van der Waals surface area contributed by atoms with Crippen LogP contribution in [0.5, 0.6) is 11.5 Å². The molecular formula is C19H23NO2. The lowest BCUT2D eigenvalue weighted by Crippen LogP contribution is -2.03. The van der Waals surface area contributed by atoms with Crippen LogP contribution in [0, 0.1) is 0 Å². The first-order valence-electron chi connectivity index (χ1n) is 7.50. The number of anilines is 1. The molecule has 2 rings (SSSR count). The maximum atomic E-state index is 5.57. The molecular weight excluding hydrogens is 274 g/mol. The summed E-state index contributed by atoms with van der Waals surface area (Å²) >= 11 is 0. The number of ether oxygens (including phenoxy) is 2. The van der Waals surface area contributed by atoms with Crippen molar-refractivity contribution in [3.05, 3.63) is 66.2 Å². The molecule has 2 aromatic rings. The molecule has 0 spiro atoms. The van der Waals surface area contributed by atoms with Crippen molar-refractivity contribution in [2.45, 2.75) is 19.9 Å². The highest BCUT2D eigenvalue weighted by Gasteiger charge is 2.06. The largest absolute Gasteiger partial charge is 0.493 e. The molecule has 0 heterocycles. The van der Waals surface area contributed by atoms with Crippen molar-refractivity contribution in [1.82, 2.24) is 0 Å². The molecule has 0 unspecified atom stereocenters. The maximum Gasteiger partial charge on any atom is 0.161 e. The van der Waals surface area contributed by atoms with Crippen molar-refractivity contribution in [1.29, 1.82) is 0 Å². The minimum absolute atomic E-state index is 0.470. The monoisotopic (exact) mass is 297 g/mol. The lowest BCUT2D eigenvalue weighted by atomic mass is 10.1. The van der Waals surface area contributed by atoms with Gasteiger partial charge in [-0.3, -0.25) is 0 Å². The molecule has 0 aliphatic heterocycles. The van der Waals surface area contributed by atoms with Gasteiger partial charge < -0.3 is 14.8 Å². The van der Waals surface area contributed by atoms with Crippen LogP contribution >= 0.6 is 0 Å². The first-order valence-corrected chi connectivity index (χ1v) is 7.50. The van der Waals surface area contributed by atoms with Gasteiger partial charge in [-0.25, -0.2) is 0 Å². The third kappa shape index (κ3) is 4.04. The quantitative estimate of drug-likeness (QED) is 0.731. The predicted octanol–water partition coefficient (Wildman–Crippen LogP) is 4.43. The maximum absolute atomic E-state index is 5.57. The van der Waals surface area contributed by atoms with E-state index in [-0.39, 0.29) is 0 Å². The third-order valence-corrected chi connectivity index (χ3v) is 3.47. The standard InChI is InChI=1S/C19H23NO2/c1-4-12-22-18-11-10-15(13-19(18)21-3)14-20-17-9-7-6-8-16(17)5-2/h4,6-11,13,20H,1,5,12,14H2,2-3H3. The average Bonchev–Trinajstić information content (AvgIpc) is 2.58. The van der Waals surface area contributed by atoms with Gasteiger partial charge in [0.2, 0.25) is 0 Å². The van der Waals surface area contributed by atoms with Crippen molar-refractivity contribution in [2.75, 3.05) is 19.0 Å².